The Morgan fingerprint density at radius 1 is 1.44 bits per heavy atom. The van der Waals surface area contributed by atoms with Crippen LogP contribution in [-0.2, 0) is 6.61 Å². The van der Waals surface area contributed by atoms with E-state index in [-0.39, 0.29) is 6.61 Å². The lowest BCUT2D eigenvalue weighted by Crippen LogP contribution is -2.08. The van der Waals surface area contributed by atoms with Crippen molar-refractivity contribution in [2.24, 2.45) is 5.73 Å². The van der Waals surface area contributed by atoms with Gasteiger partial charge in [-0.3, -0.25) is 0 Å². The fourth-order valence-corrected chi connectivity index (χ4v) is 1.44. The van der Waals surface area contributed by atoms with Crippen molar-refractivity contribution in [3.63, 3.8) is 0 Å². The van der Waals surface area contributed by atoms with Crippen LogP contribution in [0.5, 0.6) is 5.75 Å². The van der Waals surface area contributed by atoms with E-state index < -0.39 is 0 Å². The van der Waals surface area contributed by atoms with Gasteiger partial charge in [0.2, 0.25) is 0 Å². The van der Waals surface area contributed by atoms with Crippen LogP contribution in [0.25, 0.3) is 0 Å². The molecule has 0 aromatic heterocycles. The molecule has 0 saturated carbocycles. The van der Waals surface area contributed by atoms with E-state index in [9.17, 15) is 5.11 Å². The lowest BCUT2D eigenvalue weighted by molar-refractivity contribution is 0.267. The molecule has 4 heteroatoms. The van der Waals surface area contributed by atoms with Crippen LogP contribution in [0.2, 0.25) is 0 Å². The fourth-order valence-electron chi connectivity index (χ4n) is 1.44. The summed E-state index contributed by atoms with van der Waals surface area (Å²) in [6.45, 7) is 4.04. The van der Waals surface area contributed by atoms with Gasteiger partial charge in [0.05, 0.1) is 13.2 Å². The van der Waals surface area contributed by atoms with Gasteiger partial charge in [0.1, 0.15) is 5.75 Å². The number of aliphatic hydroxyl groups excluding tert-OH is 1. The molecule has 0 unspecified atom stereocenters. The third-order valence-corrected chi connectivity index (χ3v) is 2.24. The molecule has 1 rings (SSSR count). The lowest BCUT2D eigenvalue weighted by Gasteiger charge is -2.11. The van der Waals surface area contributed by atoms with E-state index in [2.05, 4.69) is 5.32 Å². The van der Waals surface area contributed by atoms with E-state index in [4.69, 9.17) is 10.5 Å². The predicted octanol–water partition coefficient (Wildman–Crippen LogP) is 1.34. The summed E-state index contributed by atoms with van der Waals surface area (Å²) in [7, 11) is 0. The second kappa shape index (κ2) is 7.09. The Kier molecular flexibility index (Phi) is 5.67. The molecule has 1 aromatic carbocycles. The monoisotopic (exact) mass is 224 g/mol. The van der Waals surface area contributed by atoms with Gasteiger partial charge in [-0.2, -0.15) is 0 Å². The van der Waals surface area contributed by atoms with Crippen molar-refractivity contribution in [3.8, 4) is 5.75 Å². The van der Waals surface area contributed by atoms with Crippen molar-refractivity contribution in [1.82, 2.24) is 0 Å². The Morgan fingerprint density at radius 3 is 2.88 bits per heavy atom. The van der Waals surface area contributed by atoms with E-state index in [1.807, 2.05) is 25.1 Å². The molecule has 4 N–H and O–H groups in total. The first-order valence-corrected chi connectivity index (χ1v) is 5.62. The van der Waals surface area contributed by atoms with Crippen molar-refractivity contribution in [2.45, 2.75) is 20.0 Å². The zero-order valence-electron chi connectivity index (χ0n) is 9.70. The number of hydrogen-bond acceptors (Lipinski definition) is 4. The second-order valence-corrected chi connectivity index (χ2v) is 3.48. The molecule has 0 fully saturated rings. The molecule has 16 heavy (non-hydrogen) atoms. The van der Waals surface area contributed by atoms with Crippen LogP contribution in [-0.4, -0.2) is 24.8 Å². The highest BCUT2D eigenvalue weighted by molar-refractivity contribution is 5.51. The molecule has 0 spiro atoms. The Bertz CT molecular complexity index is 316. The summed E-state index contributed by atoms with van der Waals surface area (Å²) in [4.78, 5) is 0. The van der Waals surface area contributed by atoms with Crippen molar-refractivity contribution < 1.29 is 9.84 Å². The van der Waals surface area contributed by atoms with Gasteiger partial charge in [-0.25, -0.2) is 0 Å². The first-order valence-electron chi connectivity index (χ1n) is 5.62. The molecule has 0 aliphatic carbocycles. The zero-order valence-corrected chi connectivity index (χ0v) is 9.70. The van der Waals surface area contributed by atoms with Gasteiger partial charge in [-0.15, -0.1) is 0 Å². The molecule has 0 saturated heterocycles. The van der Waals surface area contributed by atoms with E-state index >= 15 is 0 Å². The van der Waals surface area contributed by atoms with Crippen molar-refractivity contribution in [3.05, 3.63) is 23.8 Å². The number of benzene rings is 1. The minimum absolute atomic E-state index is 0.0122. The first-order chi connectivity index (χ1) is 7.81. The third kappa shape index (κ3) is 3.72. The summed E-state index contributed by atoms with van der Waals surface area (Å²) in [5.41, 5.74) is 7.20. The van der Waals surface area contributed by atoms with Gasteiger partial charge in [-0.1, -0.05) is 0 Å². The summed E-state index contributed by atoms with van der Waals surface area (Å²) >= 11 is 0. The minimum Gasteiger partial charge on any atom is -0.494 e. The summed E-state index contributed by atoms with van der Waals surface area (Å²) in [5, 5.41) is 12.5. The maximum atomic E-state index is 9.21. The van der Waals surface area contributed by atoms with Crippen LogP contribution in [0.4, 0.5) is 5.69 Å². The third-order valence-electron chi connectivity index (χ3n) is 2.24. The number of ether oxygens (including phenoxy) is 1. The fraction of sp³-hybridized carbons (Fsp3) is 0.500. The highest BCUT2D eigenvalue weighted by Crippen LogP contribution is 2.22. The van der Waals surface area contributed by atoms with E-state index in [1.54, 1.807) is 0 Å². The molecular formula is C12H20N2O2. The largest absolute Gasteiger partial charge is 0.494 e. The number of nitrogens with one attached hydrogen (secondary N) is 1. The summed E-state index contributed by atoms with van der Waals surface area (Å²) in [6, 6.07) is 5.72. The maximum absolute atomic E-state index is 9.21. The standard InChI is InChI=1S/C12H20N2O2/c1-2-16-12-5-4-11(8-10(12)9-15)14-7-3-6-13/h4-5,8,14-15H,2-3,6-7,9,13H2,1H3. The highest BCUT2D eigenvalue weighted by Gasteiger charge is 2.03. The van der Waals surface area contributed by atoms with Gasteiger partial charge in [-0.05, 0) is 38.1 Å². The minimum atomic E-state index is -0.0122. The molecule has 0 radical (unpaired) electrons. The maximum Gasteiger partial charge on any atom is 0.124 e. The van der Waals surface area contributed by atoms with E-state index in [1.165, 1.54) is 0 Å². The summed E-state index contributed by atoms with van der Waals surface area (Å²) in [6.07, 6.45) is 0.932. The van der Waals surface area contributed by atoms with Crippen molar-refractivity contribution >= 4 is 5.69 Å². The van der Waals surface area contributed by atoms with Crippen molar-refractivity contribution in [1.29, 1.82) is 0 Å². The normalized spacial score (nSPS) is 10.2. The average molecular weight is 224 g/mol. The molecule has 0 atom stereocenters. The highest BCUT2D eigenvalue weighted by atomic mass is 16.5. The number of rotatable bonds is 7. The SMILES string of the molecule is CCOc1ccc(NCCCN)cc1CO. The van der Waals surface area contributed by atoms with E-state index in [0.29, 0.717) is 13.2 Å². The Balaban J connectivity index is 2.66. The van der Waals surface area contributed by atoms with Gasteiger partial charge in [0, 0.05) is 17.8 Å². The molecule has 0 amide bonds. The number of nitrogens with two attached hydrogens (primary N) is 1. The van der Waals surface area contributed by atoms with Crippen LogP contribution < -0.4 is 15.8 Å². The van der Waals surface area contributed by atoms with Crippen LogP contribution in [0, 0.1) is 0 Å². The number of anilines is 1. The molecule has 0 aliphatic heterocycles. The number of aliphatic hydroxyl groups is 1. The van der Waals surface area contributed by atoms with Gasteiger partial charge in [0.25, 0.3) is 0 Å². The second-order valence-electron chi connectivity index (χ2n) is 3.48. The Labute approximate surface area is 96.4 Å². The quantitative estimate of drug-likeness (QED) is 0.611. The molecule has 1 aromatic rings. The zero-order chi connectivity index (χ0) is 11.8. The average Bonchev–Trinajstić information content (AvgIpc) is 2.31. The number of hydrogen-bond donors (Lipinski definition) is 3. The van der Waals surface area contributed by atoms with Crippen LogP contribution in [0.15, 0.2) is 18.2 Å². The van der Waals surface area contributed by atoms with E-state index in [0.717, 1.165) is 30.0 Å². The van der Waals surface area contributed by atoms with Crippen molar-refractivity contribution in [2.75, 3.05) is 25.0 Å². The first kappa shape index (κ1) is 12.8. The molecule has 0 bridgehead atoms. The Morgan fingerprint density at radius 2 is 2.25 bits per heavy atom. The van der Waals surface area contributed by atoms with Gasteiger partial charge >= 0.3 is 0 Å². The molecule has 4 nitrogen and oxygen atoms in total. The van der Waals surface area contributed by atoms with Crippen LogP contribution in [0.1, 0.15) is 18.9 Å². The summed E-state index contributed by atoms with van der Waals surface area (Å²) in [5.74, 6) is 0.745. The van der Waals surface area contributed by atoms with Gasteiger partial charge in [0.15, 0.2) is 0 Å². The Hall–Kier alpha value is -1.26. The molecule has 90 valence electrons. The molecule has 0 heterocycles. The summed E-state index contributed by atoms with van der Waals surface area (Å²) < 4.78 is 5.40. The molecular weight excluding hydrogens is 204 g/mol. The van der Waals surface area contributed by atoms with Crippen LogP contribution in [0.3, 0.4) is 0 Å². The smallest absolute Gasteiger partial charge is 0.124 e. The predicted molar refractivity (Wildman–Crippen MR) is 65.7 cm³/mol. The van der Waals surface area contributed by atoms with Crippen LogP contribution >= 0.6 is 0 Å². The van der Waals surface area contributed by atoms with Gasteiger partial charge < -0.3 is 20.9 Å². The molecule has 0 aliphatic rings. The lowest BCUT2D eigenvalue weighted by atomic mass is 10.2. The topological polar surface area (TPSA) is 67.5 Å².